The van der Waals surface area contributed by atoms with Gasteiger partial charge in [-0.15, -0.1) is 0 Å². The highest BCUT2D eigenvalue weighted by molar-refractivity contribution is 5.36. The predicted molar refractivity (Wildman–Crippen MR) is 82.9 cm³/mol. The summed E-state index contributed by atoms with van der Waals surface area (Å²) in [6, 6.07) is 1.86. The molecule has 0 unspecified atom stereocenters. The van der Waals surface area contributed by atoms with Crippen LogP contribution in [0.15, 0.2) is 16.8 Å². The smallest absolute Gasteiger partial charge is 0.249 e. The SMILES string of the molecule is Cc1noc([C@H](Nc2ccnc(C3CC3)n2)C2CCOCC2)n1. The number of nitrogens with zero attached hydrogens (tertiary/aromatic N) is 4. The molecule has 0 aromatic carbocycles. The molecule has 23 heavy (non-hydrogen) atoms. The Hall–Kier alpha value is -2.02. The fraction of sp³-hybridized carbons (Fsp3) is 0.625. The Morgan fingerprint density at radius 1 is 1.17 bits per heavy atom. The van der Waals surface area contributed by atoms with Crippen molar-refractivity contribution < 1.29 is 9.26 Å². The van der Waals surface area contributed by atoms with Crippen LogP contribution in [0.1, 0.15) is 55.2 Å². The Morgan fingerprint density at radius 3 is 2.70 bits per heavy atom. The van der Waals surface area contributed by atoms with Gasteiger partial charge < -0.3 is 14.6 Å². The first-order valence-corrected chi connectivity index (χ1v) is 8.27. The Balaban J connectivity index is 1.58. The quantitative estimate of drug-likeness (QED) is 0.907. The van der Waals surface area contributed by atoms with Gasteiger partial charge in [-0.05, 0) is 44.6 Å². The van der Waals surface area contributed by atoms with Gasteiger partial charge >= 0.3 is 0 Å². The van der Waals surface area contributed by atoms with Crippen LogP contribution in [-0.2, 0) is 4.74 Å². The van der Waals surface area contributed by atoms with E-state index in [4.69, 9.17) is 9.26 Å². The van der Waals surface area contributed by atoms with Gasteiger partial charge in [0.2, 0.25) is 5.89 Å². The first kappa shape index (κ1) is 14.6. The molecule has 1 aliphatic carbocycles. The second kappa shape index (κ2) is 6.23. The zero-order valence-electron chi connectivity index (χ0n) is 13.2. The van der Waals surface area contributed by atoms with Crippen molar-refractivity contribution in [3.05, 3.63) is 29.8 Å². The van der Waals surface area contributed by atoms with E-state index in [9.17, 15) is 0 Å². The van der Waals surface area contributed by atoms with Crippen molar-refractivity contribution in [2.45, 2.75) is 44.6 Å². The van der Waals surface area contributed by atoms with Crippen molar-refractivity contribution in [3.63, 3.8) is 0 Å². The minimum absolute atomic E-state index is 0.0398. The minimum atomic E-state index is -0.0398. The molecule has 0 amide bonds. The van der Waals surface area contributed by atoms with Gasteiger partial charge in [0.05, 0.1) is 0 Å². The lowest BCUT2D eigenvalue weighted by molar-refractivity contribution is 0.0570. The van der Waals surface area contributed by atoms with E-state index < -0.39 is 0 Å². The molecular weight excluding hydrogens is 294 g/mol. The topological polar surface area (TPSA) is 86.0 Å². The van der Waals surface area contributed by atoms with Crippen LogP contribution in [0.3, 0.4) is 0 Å². The monoisotopic (exact) mass is 315 g/mol. The fourth-order valence-corrected chi connectivity index (χ4v) is 3.02. The standard InChI is InChI=1S/C16H21N5O2/c1-10-18-16(23-21-10)14(11-5-8-22-9-6-11)19-13-4-7-17-15(20-13)12-2-3-12/h4,7,11-12,14H,2-3,5-6,8-9H2,1H3,(H,17,19,20)/t14-/m1/s1. The fourth-order valence-electron chi connectivity index (χ4n) is 3.02. The molecule has 3 heterocycles. The molecule has 2 aromatic rings. The first-order chi connectivity index (χ1) is 11.3. The summed E-state index contributed by atoms with van der Waals surface area (Å²) in [4.78, 5) is 13.5. The summed E-state index contributed by atoms with van der Waals surface area (Å²) in [5.74, 6) is 3.96. The van der Waals surface area contributed by atoms with E-state index in [-0.39, 0.29) is 6.04 Å². The van der Waals surface area contributed by atoms with Crippen molar-refractivity contribution >= 4 is 5.82 Å². The largest absolute Gasteiger partial charge is 0.381 e. The highest BCUT2D eigenvalue weighted by atomic mass is 16.5. The van der Waals surface area contributed by atoms with Gasteiger partial charge in [0.1, 0.15) is 17.7 Å². The van der Waals surface area contributed by atoms with Crippen LogP contribution in [0.25, 0.3) is 0 Å². The van der Waals surface area contributed by atoms with Crippen LogP contribution in [0, 0.1) is 12.8 Å². The number of hydrogen-bond donors (Lipinski definition) is 1. The number of nitrogens with one attached hydrogen (secondary N) is 1. The number of anilines is 1. The lowest BCUT2D eigenvalue weighted by atomic mass is 9.91. The third-order valence-electron chi connectivity index (χ3n) is 4.47. The average Bonchev–Trinajstić information content (AvgIpc) is 3.36. The number of aryl methyl sites for hydroxylation is 1. The number of aromatic nitrogens is 4. The molecule has 0 radical (unpaired) electrons. The molecule has 1 saturated carbocycles. The van der Waals surface area contributed by atoms with Gasteiger partial charge in [-0.25, -0.2) is 9.97 Å². The lowest BCUT2D eigenvalue weighted by Gasteiger charge is -2.28. The normalized spacial score (nSPS) is 20.4. The molecule has 4 rings (SSSR count). The van der Waals surface area contributed by atoms with Crippen molar-refractivity contribution in [3.8, 4) is 0 Å². The summed E-state index contributed by atoms with van der Waals surface area (Å²) >= 11 is 0. The molecule has 7 nitrogen and oxygen atoms in total. The Labute approximate surface area is 134 Å². The van der Waals surface area contributed by atoms with Gasteiger partial charge in [0.25, 0.3) is 0 Å². The van der Waals surface area contributed by atoms with Gasteiger partial charge in [-0.1, -0.05) is 5.16 Å². The number of ether oxygens (including phenoxy) is 1. The second-order valence-corrected chi connectivity index (χ2v) is 6.33. The summed E-state index contributed by atoms with van der Waals surface area (Å²) in [7, 11) is 0. The van der Waals surface area contributed by atoms with E-state index in [0.29, 0.717) is 23.6 Å². The summed E-state index contributed by atoms with van der Waals surface area (Å²) in [6.07, 6.45) is 6.15. The molecule has 7 heteroatoms. The molecule has 1 atom stereocenters. The van der Waals surface area contributed by atoms with Crippen molar-refractivity contribution in [1.29, 1.82) is 0 Å². The average molecular weight is 315 g/mol. The summed E-state index contributed by atoms with van der Waals surface area (Å²) in [5.41, 5.74) is 0. The third kappa shape index (κ3) is 3.34. The zero-order chi connectivity index (χ0) is 15.6. The highest BCUT2D eigenvalue weighted by Crippen LogP contribution is 2.38. The van der Waals surface area contributed by atoms with E-state index in [1.165, 1.54) is 12.8 Å². The predicted octanol–water partition coefficient (Wildman–Crippen LogP) is 2.63. The molecule has 1 aliphatic heterocycles. The van der Waals surface area contributed by atoms with E-state index in [2.05, 4.69) is 25.4 Å². The van der Waals surface area contributed by atoms with Crippen LogP contribution in [0.4, 0.5) is 5.82 Å². The van der Waals surface area contributed by atoms with E-state index in [0.717, 1.165) is 37.7 Å². The molecule has 2 aromatic heterocycles. The maximum atomic E-state index is 5.48. The summed E-state index contributed by atoms with van der Waals surface area (Å²) < 4.78 is 10.9. The van der Waals surface area contributed by atoms with Gasteiger partial charge in [-0.2, -0.15) is 4.98 Å². The molecule has 1 saturated heterocycles. The summed E-state index contributed by atoms with van der Waals surface area (Å²) in [6.45, 7) is 3.38. The highest BCUT2D eigenvalue weighted by Gasteiger charge is 2.31. The molecular formula is C16H21N5O2. The second-order valence-electron chi connectivity index (χ2n) is 6.33. The summed E-state index contributed by atoms with van der Waals surface area (Å²) in [5, 5.41) is 7.44. The molecule has 0 spiro atoms. The molecule has 2 fully saturated rings. The maximum Gasteiger partial charge on any atom is 0.249 e. The number of hydrogen-bond acceptors (Lipinski definition) is 7. The molecule has 1 N–H and O–H groups in total. The van der Waals surface area contributed by atoms with Crippen molar-refractivity contribution in [1.82, 2.24) is 20.1 Å². The third-order valence-corrected chi connectivity index (χ3v) is 4.47. The molecule has 122 valence electrons. The maximum absolute atomic E-state index is 5.48. The van der Waals surface area contributed by atoms with Crippen molar-refractivity contribution in [2.24, 2.45) is 5.92 Å². The van der Waals surface area contributed by atoms with E-state index >= 15 is 0 Å². The van der Waals surface area contributed by atoms with Gasteiger partial charge in [0, 0.05) is 25.3 Å². The zero-order valence-corrected chi connectivity index (χ0v) is 13.2. The van der Waals surface area contributed by atoms with E-state index in [1.807, 2.05) is 19.2 Å². The van der Waals surface area contributed by atoms with Gasteiger partial charge in [-0.3, -0.25) is 0 Å². The van der Waals surface area contributed by atoms with Crippen LogP contribution < -0.4 is 5.32 Å². The van der Waals surface area contributed by atoms with Crippen LogP contribution in [0.2, 0.25) is 0 Å². The van der Waals surface area contributed by atoms with Crippen molar-refractivity contribution in [2.75, 3.05) is 18.5 Å². The number of rotatable bonds is 5. The first-order valence-electron chi connectivity index (χ1n) is 8.27. The Bertz CT molecular complexity index is 664. The Morgan fingerprint density at radius 2 is 2.00 bits per heavy atom. The Kier molecular flexibility index (Phi) is 3.95. The lowest BCUT2D eigenvalue weighted by Crippen LogP contribution is -2.27. The van der Waals surface area contributed by atoms with E-state index in [1.54, 1.807) is 0 Å². The molecule has 0 bridgehead atoms. The minimum Gasteiger partial charge on any atom is -0.381 e. The van der Waals surface area contributed by atoms with Crippen LogP contribution in [0.5, 0.6) is 0 Å². The van der Waals surface area contributed by atoms with Crippen LogP contribution >= 0.6 is 0 Å². The van der Waals surface area contributed by atoms with Gasteiger partial charge in [0.15, 0.2) is 5.82 Å². The molecule has 2 aliphatic rings. The van der Waals surface area contributed by atoms with Crippen LogP contribution in [-0.4, -0.2) is 33.3 Å².